The lowest BCUT2D eigenvalue weighted by Crippen LogP contribution is -2.22. The van der Waals surface area contributed by atoms with Crippen LogP contribution < -0.4 is 10.5 Å². The summed E-state index contributed by atoms with van der Waals surface area (Å²) in [6.07, 6.45) is 3.51. The van der Waals surface area contributed by atoms with Crippen LogP contribution in [0.5, 0.6) is 5.75 Å². The van der Waals surface area contributed by atoms with Crippen LogP contribution in [-0.2, 0) is 12.8 Å². The number of hydrogen-bond acceptors (Lipinski definition) is 2. The maximum atomic E-state index is 5.70. The lowest BCUT2D eigenvalue weighted by Gasteiger charge is -2.23. The van der Waals surface area contributed by atoms with Gasteiger partial charge in [-0.05, 0) is 55.0 Å². The molecule has 1 aromatic carbocycles. The summed E-state index contributed by atoms with van der Waals surface area (Å²) in [6, 6.07) is 6.37. The van der Waals surface area contributed by atoms with Crippen molar-refractivity contribution in [1.29, 1.82) is 0 Å². The van der Waals surface area contributed by atoms with E-state index in [1.54, 1.807) is 7.11 Å². The van der Waals surface area contributed by atoms with E-state index in [1.807, 2.05) is 6.07 Å². The van der Waals surface area contributed by atoms with Crippen molar-refractivity contribution in [1.82, 2.24) is 0 Å². The fourth-order valence-electron chi connectivity index (χ4n) is 2.14. The fourth-order valence-corrected chi connectivity index (χ4v) is 2.14. The van der Waals surface area contributed by atoms with Crippen molar-refractivity contribution in [2.24, 2.45) is 11.7 Å². The van der Waals surface area contributed by atoms with E-state index in [9.17, 15) is 0 Å². The molecule has 1 aliphatic carbocycles. The normalized spacial score (nSPS) is 18.9. The summed E-state index contributed by atoms with van der Waals surface area (Å²) in [5.74, 6) is 1.62. The van der Waals surface area contributed by atoms with E-state index in [1.165, 1.54) is 24.0 Å². The fraction of sp³-hybridized carbons (Fsp3) is 0.500. The second-order valence-electron chi connectivity index (χ2n) is 3.98. The zero-order chi connectivity index (χ0) is 9.97. The summed E-state index contributed by atoms with van der Waals surface area (Å²) in [5, 5.41) is 0. The molecule has 0 fully saturated rings. The van der Waals surface area contributed by atoms with Gasteiger partial charge in [-0.2, -0.15) is 0 Å². The zero-order valence-electron chi connectivity index (χ0n) is 9.03. The molecular weight excluding hydrogens is 210 g/mol. The van der Waals surface area contributed by atoms with Crippen molar-refractivity contribution in [2.75, 3.05) is 13.7 Å². The minimum Gasteiger partial charge on any atom is -0.497 e. The standard InChI is InChI=1S/C12H17NO.ClH/c1-14-12-5-4-10-3-2-9(8-13)6-11(10)7-12;/h4-5,7,9H,2-3,6,8,13H2,1H3;1H/t9-;/m1./s1. The van der Waals surface area contributed by atoms with E-state index >= 15 is 0 Å². The SMILES string of the molecule is COc1ccc2c(c1)C[C@H](CN)CC2.Cl. The van der Waals surface area contributed by atoms with E-state index in [-0.39, 0.29) is 12.4 Å². The van der Waals surface area contributed by atoms with Gasteiger partial charge in [0.1, 0.15) is 5.75 Å². The van der Waals surface area contributed by atoms with Crippen molar-refractivity contribution in [3.63, 3.8) is 0 Å². The molecule has 0 saturated carbocycles. The number of benzene rings is 1. The Morgan fingerprint density at radius 3 is 2.87 bits per heavy atom. The third-order valence-corrected chi connectivity index (χ3v) is 3.08. The predicted molar refractivity (Wildman–Crippen MR) is 64.8 cm³/mol. The number of aryl methyl sites for hydroxylation is 1. The van der Waals surface area contributed by atoms with Crippen LogP contribution in [0, 0.1) is 5.92 Å². The smallest absolute Gasteiger partial charge is 0.119 e. The molecule has 2 N–H and O–H groups in total. The number of rotatable bonds is 2. The molecule has 1 aromatic rings. The Balaban J connectivity index is 0.00000112. The minimum absolute atomic E-state index is 0. The molecule has 15 heavy (non-hydrogen) atoms. The Labute approximate surface area is 97.2 Å². The van der Waals surface area contributed by atoms with E-state index in [0.29, 0.717) is 5.92 Å². The van der Waals surface area contributed by atoms with Crippen molar-refractivity contribution < 1.29 is 4.74 Å². The van der Waals surface area contributed by atoms with E-state index in [2.05, 4.69) is 12.1 Å². The Morgan fingerprint density at radius 2 is 2.20 bits per heavy atom. The van der Waals surface area contributed by atoms with Crippen LogP contribution >= 0.6 is 12.4 Å². The van der Waals surface area contributed by atoms with E-state index < -0.39 is 0 Å². The minimum atomic E-state index is 0. The molecule has 0 saturated heterocycles. The molecule has 1 atom stereocenters. The molecule has 3 heteroatoms. The molecule has 0 radical (unpaired) electrons. The number of hydrogen-bond donors (Lipinski definition) is 1. The monoisotopic (exact) mass is 227 g/mol. The molecule has 84 valence electrons. The van der Waals surface area contributed by atoms with Gasteiger partial charge in [-0.1, -0.05) is 6.07 Å². The first-order valence-electron chi connectivity index (χ1n) is 5.19. The second kappa shape index (κ2) is 5.38. The van der Waals surface area contributed by atoms with Crippen molar-refractivity contribution >= 4 is 12.4 Å². The molecule has 2 nitrogen and oxygen atoms in total. The molecular formula is C12H18ClNO. The Hall–Kier alpha value is -0.730. The highest BCUT2D eigenvalue weighted by Crippen LogP contribution is 2.27. The van der Waals surface area contributed by atoms with Gasteiger partial charge in [0.2, 0.25) is 0 Å². The van der Waals surface area contributed by atoms with Crippen LogP contribution in [0.4, 0.5) is 0 Å². The van der Waals surface area contributed by atoms with Crippen molar-refractivity contribution in [3.05, 3.63) is 29.3 Å². The maximum Gasteiger partial charge on any atom is 0.119 e. The predicted octanol–water partition coefficient (Wildman–Crippen LogP) is 2.18. The topological polar surface area (TPSA) is 35.2 Å². The quantitative estimate of drug-likeness (QED) is 0.841. The lowest BCUT2D eigenvalue weighted by atomic mass is 9.84. The van der Waals surface area contributed by atoms with E-state index in [4.69, 9.17) is 10.5 Å². The number of fused-ring (bicyclic) bond motifs is 1. The first kappa shape index (κ1) is 12.3. The first-order chi connectivity index (χ1) is 6.83. The van der Waals surface area contributed by atoms with Gasteiger partial charge >= 0.3 is 0 Å². The van der Waals surface area contributed by atoms with Crippen LogP contribution in [0.1, 0.15) is 17.5 Å². The first-order valence-corrected chi connectivity index (χ1v) is 5.19. The Morgan fingerprint density at radius 1 is 1.40 bits per heavy atom. The van der Waals surface area contributed by atoms with E-state index in [0.717, 1.165) is 18.7 Å². The maximum absolute atomic E-state index is 5.70. The molecule has 0 heterocycles. The highest BCUT2D eigenvalue weighted by atomic mass is 35.5. The summed E-state index contributed by atoms with van der Waals surface area (Å²) in [6.45, 7) is 0.802. The lowest BCUT2D eigenvalue weighted by molar-refractivity contribution is 0.411. The molecule has 0 spiro atoms. The number of methoxy groups -OCH3 is 1. The highest BCUT2D eigenvalue weighted by Gasteiger charge is 2.17. The molecule has 0 bridgehead atoms. The van der Waals surface area contributed by atoms with Crippen LogP contribution in [-0.4, -0.2) is 13.7 Å². The van der Waals surface area contributed by atoms with Gasteiger partial charge in [-0.3, -0.25) is 0 Å². The molecule has 0 aromatic heterocycles. The summed E-state index contributed by atoms with van der Waals surface area (Å²) in [4.78, 5) is 0. The summed E-state index contributed by atoms with van der Waals surface area (Å²) in [7, 11) is 1.71. The molecule has 2 rings (SSSR count). The van der Waals surface area contributed by atoms with Gasteiger partial charge in [0, 0.05) is 0 Å². The van der Waals surface area contributed by atoms with Crippen LogP contribution in [0.25, 0.3) is 0 Å². The molecule has 1 aliphatic rings. The number of ether oxygens (including phenoxy) is 1. The largest absolute Gasteiger partial charge is 0.497 e. The second-order valence-corrected chi connectivity index (χ2v) is 3.98. The third-order valence-electron chi connectivity index (χ3n) is 3.08. The average Bonchev–Trinajstić information content (AvgIpc) is 2.27. The summed E-state index contributed by atoms with van der Waals surface area (Å²) >= 11 is 0. The Bertz CT molecular complexity index is 327. The van der Waals surface area contributed by atoms with Gasteiger partial charge in [-0.15, -0.1) is 12.4 Å². The highest BCUT2D eigenvalue weighted by molar-refractivity contribution is 5.85. The molecule has 0 amide bonds. The number of halogens is 1. The number of nitrogens with two attached hydrogens (primary N) is 1. The third kappa shape index (κ3) is 2.64. The zero-order valence-corrected chi connectivity index (χ0v) is 9.85. The van der Waals surface area contributed by atoms with Crippen LogP contribution in [0.15, 0.2) is 18.2 Å². The van der Waals surface area contributed by atoms with Gasteiger partial charge in [0.25, 0.3) is 0 Å². The average molecular weight is 228 g/mol. The van der Waals surface area contributed by atoms with Crippen LogP contribution in [0.3, 0.4) is 0 Å². The summed E-state index contributed by atoms with van der Waals surface area (Å²) < 4.78 is 5.22. The van der Waals surface area contributed by atoms with Gasteiger partial charge in [0.05, 0.1) is 7.11 Å². The van der Waals surface area contributed by atoms with Crippen LogP contribution in [0.2, 0.25) is 0 Å². The summed E-state index contributed by atoms with van der Waals surface area (Å²) in [5.41, 5.74) is 8.59. The van der Waals surface area contributed by atoms with Gasteiger partial charge < -0.3 is 10.5 Å². The molecule has 0 unspecified atom stereocenters. The van der Waals surface area contributed by atoms with Crippen molar-refractivity contribution in [3.8, 4) is 5.75 Å². The Kier molecular flexibility index (Phi) is 4.43. The van der Waals surface area contributed by atoms with Crippen molar-refractivity contribution in [2.45, 2.75) is 19.3 Å². The van der Waals surface area contributed by atoms with Gasteiger partial charge in [-0.25, -0.2) is 0 Å². The molecule has 0 aliphatic heterocycles. The van der Waals surface area contributed by atoms with Gasteiger partial charge in [0.15, 0.2) is 0 Å².